The number of rotatable bonds is 6. The maximum Gasteiger partial charge on any atom is 0.273 e. The molecule has 4 aromatic rings. The summed E-state index contributed by atoms with van der Waals surface area (Å²) in [6.45, 7) is 3.77. The first-order valence-corrected chi connectivity index (χ1v) is 13.6. The van der Waals surface area contributed by atoms with Crippen molar-refractivity contribution in [3.63, 3.8) is 0 Å². The fraction of sp³-hybridized carbons (Fsp3) is 0.280. The number of halogens is 2. The number of hydrogen-bond acceptors (Lipinski definition) is 6. The Morgan fingerprint density at radius 1 is 1.14 bits per heavy atom. The van der Waals surface area contributed by atoms with Crippen LogP contribution in [-0.2, 0) is 5.75 Å². The van der Waals surface area contributed by atoms with E-state index in [4.69, 9.17) is 11.6 Å². The second kappa shape index (κ2) is 10.5. The highest BCUT2D eigenvalue weighted by atomic mass is 35.5. The van der Waals surface area contributed by atoms with Gasteiger partial charge in [0.1, 0.15) is 16.5 Å². The van der Waals surface area contributed by atoms with E-state index in [0.717, 1.165) is 30.9 Å². The van der Waals surface area contributed by atoms with Gasteiger partial charge in [0.25, 0.3) is 5.91 Å². The average Bonchev–Trinajstić information content (AvgIpc) is 3.51. The van der Waals surface area contributed by atoms with Crippen molar-refractivity contribution in [1.82, 2.24) is 24.6 Å². The van der Waals surface area contributed by atoms with Crippen molar-refractivity contribution < 1.29 is 9.18 Å². The lowest BCUT2D eigenvalue weighted by molar-refractivity contribution is 0.0692. The van der Waals surface area contributed by atoms with E-state index >= 15 is 0 Å². The SMILES string of the molecule is CC1CCN(C(=O)c2csc(CSc3nnc(-c4ccccc4Cl)n3-c3ccccc3F)n2)CC1. The van der Waals surface area contributed by atoms with Gasteiger partial charge in [0.05, 0.1) is 16.5 Å². The van der Waals surface area contributed by atoms with Crippen molar-refractivity contribution in [2.24, 2.45) is 5.92 Å². The Hall–Kier alpha value is -2.75. The van der Waals surface area contributed by atoms with E-state index in [1.165, 1.54) is 29.2 Å². The topological polar surface area (TPSA) is 63.9 Å². The number of para-hydroxylation sites is 1. The molecule has 2 aromatic heterocycles. The predicted octanol–water partition coefficient (Wildman–Crippen LogP) is 6.35. The van der Waals surface area contributed by atoms with Gasteiger partial charge in [-0.15, -0.1) is 21.5 Å². The summed E-state index contributed by atoms with van der Waals surface area (Å²) in [6, 6.07) is 13.8. The first-order valence-electron chi connectivity index (χ1n) is 11.3. The molecule has 1 aliphatic heterocycles. The molecule has 1 fully saturated rings. The van der Waals surface area contributed by atoms with Gasteiger partial charge < -0.3 is 4.90 Å². The van der Waals surface area contributed by atoms with Gasteiger partial charge in [-0.1, -0.05) is 54.6 Å². The molecule has 1 amide bonds. The summed E-state index contributed by atoms with van der Waals surface area (Å²) in [7, 11) is 0. The summed E-state index contributed by atoms with van der Waals surface area (Å²) in [6.07, 6.45) is 2.05. The lowest BCUT2D eigenvalue weighted by Gasteiger charge is -2.29. The molecule has 35 heavy (non-hydrogen) atoms. The van der Waals surface area contributed by atoms with Crippen molar-refractivity contribution in [2.75, 3.05) is 13.1 Å². The molecule has 0 atom stereocenters. The molecule has 0 N–H and O–H groups in total. The Kier molecular flexibility index (Phi) is 7.17. The lowest BCUT2D eigenvalue weighted by atomic mass is 9.99. The molecule has 0 bridgehead atoms. The van der Waals surface area contributed by atoms with Crippen molar-refractivity contribution in [2.45, 2.75) is 30.7 Å². The van der Waals surface area contributed by atoms with Crippen LogP contribution in [-0.4, -0.2) is 43.6 Å². The van der Waals surface area contributed by atoms with Gasteiger partial charge in [0.2, 0.25) is 0 Å². The van der Waals surface area contributed by atoms with Crippen molar-refractivity contribution >= 4 is 40.6 Å². The minimum atomic E-state index is -0.388. The van der Waals surface area contributed by atoms with Gasteiger partial charge in [-0.05, 0) is 43.0 Å². The van der Waals surface area contributed by atoms with Crippen LogP contribution >= 0.6 is 34.7 Å². The number of amides is 1. The summed E-state index contributed by atoms with van der Waals surface area (Å²) in [5, 5.41) is 12.3. The first kappa shape index (κ1) is 24.0. The predicted molar refractivity (Wildman–Crippen MR) is 138 cm³/mol. The number of aromatic nitrogens is 4. The number of hydrogen-bond donors (Lipinski definition) is 0. The normalized spacial score (nSPS) is 14.4. The number of carbonyl (C=O) groups excluding carboxylic acids is 1. The second-order valence-electron chi connectivity index (χ2n) is 8.46. The smallest absolute Gasteiger partial charge is 0.273 e. The maximum absolute atomic E-state index is 14.8. The molecule has 0 radical (unpaired) electrons. The molecule has 3 heterocycles. The Morgan fingerprint density at radius 2 is 1.89 bits per heavy atom. The largest absolute Gasteiger partial charge is 0.337 e. The molecule has 6 nitrogen and oxygen atoms in total. The molecule has 0 spiro atoms. The molecule has 0 aliphatic carbocycles. The molecule has 180 valence electrons. The van der Waals surface area contributed by atoms with E-state index in [2.05, 4.69) is 22.1 Å². The van der Waals surface area contributed by atoms with Crippen LogP contribution < -0.4 is 0 Å². The maximum atomic E-state index is 14.8. The van der Waals surface area contributed by atoms with Crippen LogP contribution in [0.1, 0.15) is 35.3 Å². The summed E-state index contributed by atoms with van der Waals surface area (Å²) < 4.78 is 16.5. The van der Waals surface area contributed by atoms with Crippen LogP contribution in [0.3, 0.4) is 0 Å². The van der Waals surface area contributed by atoms with Gasteiger partial charge in [-0.2, -0.15) is 0 Å². The zero-order valence-electron chi connectivity index (χ0n) is 19.0. The third-order valence-corrected chi connectivity index (χ3v) is 8.31. The summed E-state index contributed by atoms with van der Waals surface area (Å²) in [5.74, 6) is 1.19. The third kappa shape index (κ3) is 5.12. The molecule has 10 heteroatoms. The molecular formula is C25H23ClFN5OS2. The third-order valence-electron chi connectivity index (χ3n) is 6.01. The Balaban J connectivity index is 1.39. The van der Waals surface area contributed by atoms with Crippen molar-refractivity contribution in [3.05, 3.63) is 75.5 Å². The Bertz CT molecular complexity index is 1350. The van der Waals surface area contributed by atoms with Gasteiger partial charge in [-0.25, -0.2) is 9.37 Å². The van der Waals surface area contributed by atoms with Gasteiger partial charge >= 0.3 is 0 Å². The highest BCUT2D eigenvalue weighted by Crippen LogP contribution is 2.34. The number of likely N-dealkylation sites (tertiary alicyclic amines) is 1. The Morgan fingerprint density at radius 3 is 2.66 bits per heavy atom. The zero-order chi connectivity index (χ0) is 24.4. The van der Waals surface area contributed by atoms with Crippen LogP contribution in [0.25, 0.3) is 17.1 Å². The van der Waals surface area contributed by atoms with E-state index in [1.807, 2.05) is 28.5 Å². The molecule has 0 saturated carbocycles. The van der Waals surface area contributed by atoms with E-state index in [-0.39, 0.29) is 11.7 Å². The van der Waals surface area contributed by atoms with Gasteiger partial charge in [0, 0.05) is 24.0 Å². The lowest BCUT2D eigenvalue weighted by Crippen LogP contribution is -2.38. The fourth-order valence-corrected chi connectivity index (χ4v) is 5.96. The molecule has 2 aromatic carbocycles. The highest BCUT2D eigenvalue weighted by molar-refractivity contribution is 7.98. The minimum Gasteiger partial charge on any atom is -0.337 e. The van der Waals surface area contributed by atoms with Crippen LogP contribution in [0.2, 0.25) is 5.02 Å². The molecule has 1 aliphatic rings. The molecular weight excluding hydrogens is 505 g/mol. The number of thiazole rings is 1. The first-order chi connectivity index (χ1) is 17.0. The number of carbonyl (C=O) groups is 1. The van der Waals surface area contributed by atoms with Crippen molar-refractivity contribution in [1.29, 1.82) is 0 Å². The summed E-state index contributed by atoms with van der Waals surface area (Å²) in [5.41, 5.74) is 1.48. The number of benzene rings is 2. The van der Waals surface area contributed by atoms with E-state index in [1.54, 1.807) is 28.8 Å². The van der Waals surface area contributed by atoms with Crippen LogP contribution in [0.15, 0.2) is 59.1 Å². The fourth-order valence-electron chi connectivity index (χ4n) is 4.01. The van der Waals surface area contributed by atoms with E-state index in [9.17, 15) is 9.18 Å². The zero-order valence-corrected chi connectivity index (χ0v) is 21.4. The average molecular weight is 528 g/mol. The highest BCUT2D eigenvalue weighted by Gasteiger charge is 2.24. The quantitative estimate of drug-likeness (QED) is 0.273. The molecule has 1 saturated heterocycles. The summed E-state index contributed by atoms with van der Waals surface area (Å²) >= 11 is 9.25. The van der Waals surface area contributed by atoms with E-state index in [0.29, 0.717) is 44.6 Å². The molecule has 0 unspecified atom stereocenters. The van der Waals surface area contributed by atoms with Crippen molar-refractivity contribution in [3.8, 4) is 17.1 Å². The second-order valence-corrected chi connectivity index (χ2v) is 10.8. The van der Waals surface area contributed by atoms with Gasteiger partial charge in [-0.3, -0.25) is 9.36 Å². The van der Waals surface area contributed by atoms with Gasteiger partial charge in [0.15, 0.2) is 11.0 Å². The number of nitrogens with zero attached hydrogens (tertiary/aromatic N) is 5. The number of piperidine rings is 1. The Labute approximate surface area is 216 Å². The van der Waals surface area contributed by atoms with Crippen LogP contribution in [0, 0.1) is 11.7 Å². The minimum absolute atomic E-state index is 0.0140. The standard InChI is InChI=1S/C25H23ClFN5OS2/c1-16-10-12-31(13-11-16)24(33)20-14-34-22(28-20)15-35-25-30-29-23(17-6-2-3-7-18(17)26)32(25)21-9-5-4-8-19(21)27/h2-9,14,16H,10-13,15H2,1H3. The molecule has 5 rings (SSSR count). The van der Waals surface area contributed by atoms with Crippen LogP contribution in [0.5, 0.6) is 0 Å². The monoisotopic (exact) mass is 527 g/mol. The summed E-state index contributed by atoms with van der Waals surface area (Å²) in [4.78, 5) is 19.3. The number of thioether (sulfide) groups is 1. The van der Waals surface area contributed by atoms with Crippen LogP contribution in [0.4, 0.5) is 4.39 Å². The van der Waals surface area contributed by atoms with E-state index < -0.39 is 0 Å².